The molecule has 0 radical (unpaired) electrons. The standard InChI is InChI=1S/C18H22FN3O3/c19-16-4-3-13(22-5-1-2-17(22)23)10-15(16)18(24)21-7-6-20-8-9-25-12-14(20)11-21/h3-4,10,14H,1-2,5-9,11-12H2. The molecule has 6 nitrogen and oxygen atoms in total. The molecule has 3 aliphatic heterocycles. The summed E-state index contributed by atoms with van der Waals surface area (Å²) in [7, 11) is 0. The Kier molecular flexibility index (Phi) is 4.43. The fourth-order valence-corrected chi connectivity index (χ4v) is 3.87. The molecule has 4 rings (SSSR count). The number of carbonyl (C=O) groups is 2. The number of piperazine rings is 1. The van der Waals surface area contributed by atoms with Crippen LogP contribution in [0.15, 0.2) is 18.2 Å². The van der Waals surface area contributed by atoms with Crippen LogP contribution in [0, 0.1) is 5.82 Å². The van der Waals surface area contributed by atoms with E-state index in [1.165, 1.54) is 12.1 Å². The second kappa shape index (κ2) is 6.72. The van der Waals surface area contributed by atoms with Crippen molar-refractivity contribution < 1.29 is 18.7 Å². The van der Waals surface area contributed by atoms with Crippen LogP contribution in [-0.2, 0) is 9.53 Å². The van der Waals surface area contributed by atoms with Crippen molar-refractivity contribution in [1.82, 2.24) is 9.80 Å². The predicted octanol–water partition coefficient (Wildman–Crippen LogP) is 1.11. The summed E-state index contributed by atoms with van der Waals surface area (Å²) in [4.78, 5) is 30.4. The van der Waals surface area contributed by atoms with Crippen LogP contribution in [-0.4, -0.2) is 73.6 Å². The highest BCUT2D eigenvalue weighted by molar-refractivity contribution is 5.99. The Morgan fingerprint density at radius 1 is 1.20 bits per heavy atom. The van der Waals surface area contributed by atoms with E-state index in [1.54, 1.807) is 15.9 Å². The highest BCUT2D eigenvalue weighted by Crippen LogP contribution is 2.25. The number of amides is 2. The van der Waals surface area contributed by atoms with Gasteiger partial charge in [-0.1, -0.05) is 0 Å². The van der Waals surface area contributed by atoms with Crippen LogP contribution in [0.2, 0.25) is 0 Å². The van der Waals surface area contributed by atoms with Gasteiger partial charge >= 0.3 is 0 Å². The third-order valence-corrected chi connectivity index (χ3v) is 5.29. The van der Waals surface area contributed by atoms with E-state index in [2.05, 4.69) is 4.90 Å². The lowest BCUT2D eigenvalue weighted by atomic mass is 10.1. The summed E-state index contributed by atoms with van der Waals surface area (Å²) in [6, 6.07) is 4.55. The number of anilines is 1. The molecule has 3 heterocycles. The van der Waals surface area contributed by atoms with Gasteiger partial charge in [-0.25, -0.2) is 4.39 Å². The number of halogens is 1. The van der Waals surface area contributed by atoms with E-state index in [-0.39, 0.29) is 23.4 Å². The molecule has 1 aromatic carbocycles. The molecule has 2 amide bonds. The maximum Gasteiger partial charge on any atom is 0.257 e. The molecule has 3 fully saturated rings. The van der Waals surface area contributed by atoms with Crippen molar-refractivity contribution in [2.45, 2.75) is 18.9 Å². The highest BCUT2D eigenvalue weighted by Gasteiger charge is 2.33. The SMILES string of the molecule is O=C(c1cc(N2CCCC2=O)ccc1F)N1CCN2CCOCC2C1. The van der Waals surface area contributed by atoms with Crippen LogP contribution < -0.4 is 4.90 Å². The van der Waals surface area contributed by atoms with Crippen LogP contribution in [0.3, 0.4) is 0 Å². The summed E-state index contributed by atoms with van der Waals surface area (Å²) in [5.74, 6) is -0.822. The monoisotopic (exact) mass is 347 g/mol. The van der Waals surface area contributed by atoms with Gasteiger partial charge in [-0.05, 0) is 24.6 Å². The zero-order chi connectivity index (χ0) is 17.4. The zero-order valence-electron chi connectivity index (χ0n) is 14.1. The molecule has 0 spiro atoms. The molecule has 0 saturated carbocycles. The molecule has 3 saturated heterocycles. The van der Waals surface area contributed by atoms with Crippen molar-refractivity contribution in [2.24, 2.45) is 0 Å². The molecule has 0 bridgehead atoms. The summed E-state index contributed by atoms with van der Waals surface area (Å²) in [5, 5.41) is 0. The zero-order valence-corrected chi connectivity index (χ0v) is 14.1. The number of rotatable bonds is 2. The minimum absolute atomic E-state index is 0.0259. The van der Waals surface area contributed by atoms with Gasteiger partial charge in [0.1, 0.15) is 5.82 Å². The molecule has 25 heavy (non-hydrogen) atoms. The first-order valence-corrected chi connectivity index (χ1v) is 8.84. The molecule has 1 aromatic rings. The van der Waals surface area contributed by atoms with Crippen molar-refractivity contribution in [1.29, 1.82) is 0 Å². The maximum atomic E-state index is 14.3. The average Bonchev–Trinajstić information content (AvgIpc) is 3.07. The normalized spacial score (nSPS) is 24.5. The molecule has 134 valence electrons. The van der Waals surface area contributed by atoms with Gasteiger partial charge in [-0.2, -0.15) is 0 Å². The minimum Gasteiger partial charge on any atom is -0.378 e. The minimum atomic E-state index is -0.539. The molecular weight excluding hydrogens is 325 g/mol. The van der Waals surface area contributed by atoms with Crippen LogP contribution in [0.5, 0.6) is 0 Å². The van der Waals surface area contributed by atoms with E-state index in [9.17, 15) is 14.0 Å². The Morgan fingerprint density at radius 3 is 2.88 bits per heavy atom. The van der Waals surface area contributed by atoms with Gasteiger partial charge < -0.3 is 14.5 Å². The number of ether oxygens (including phenoxy) is 1. The van der Waals surface area contributed by atoms with Crippen molar-refractivity contribution in [3.63, 3.8) is 0 Å². The maximum absolute atomic E-state index is 14.3. The van der Waals surface area contributed by atoms with Crippen molar-refractivity contribution >= 4 is 17.5 Å². The predicted molar refractivity (Wildman–Crippen MR) is 90.1 cm³/mol. The van der Waals surface area contributed by atoms with Gasteiger partial charge in [0.2, 0.25) is 5.91 Å². The van der Waals surface area contributed by atoms with Gasteiger partial charge in [0.25, 0.3) is 5.91 Å². The quantitative estimate of drug-likeness (QED) is 0.804. The lowest BCUT2D eigenvalue weighted by Gasteiger charge is -2.43. The smallest absolute Gasteiger partial charge is 0.257 e. The fraction of sp³-hybridized carbons (Fsp3) is 0.556. The second-order valence-electron chi connectivity index (χ2n) is 6.83. The molecule has 7 heteroatoms. The summed E-state index contributed by atoms with van der Waals surface area (Å²) in [5.41, 5.74) is 0.647. The molecule has 1 unspecified atom stereocenters. The Labute approximate surface area is 146 Å². The van der Waals surface area contributed by atoms with Crippen LogP contribution in [0.25, 0.3) is 0 Å². The number of hydrogen-bond acceptors (Lipinski definition) is 4. The Balaban J connectivity index is 1.54. The number of carbonyl (C=O) groups excluding carboxylic acids is 2. The number of morpholine rings is 1. The summed E-state index contributed by atoms with van der Waals surface area (Å²) < 4.78 is 19.8. The van der Waals surface area contributed by atoms with Crippen LogP contribution >= 0.6 is 0 Å². The van der Waals surface area contributed by atoms with E-state index in [0.717, 1.165) is 26.1 Å². The first kappa shape index (κ1) is 16.5. The first-order valence-electron chi connectivity index (χ1n) is 8.84. The van der Waals surface area contributed by atoms with Crippen molar-refractivity contribution in [3.8, 4) is 0 Å². The summed E-state index contributed by atoms with van der Waals surface area (Å²) in [6.07, 6.45) is 1.30. The van der Waals surface area contributed by atoms with Gasteiger partial charge in [0.15, 0.2) is 0 Å². The molecule has 0 aromatic heterocycles. The molecule has 0 aliphatic carbocycles. The fourth-order valence-electron chi connectivity index (χ4n) is 3.87. The Bertz CT molecular complexity index is 696. The van der Waals surface area contributed by atoms with Gasteiger partial charge in [-0.3, -0.25) is 14.5 Å². The lowest BCUT2D eigenvalue weighted by Crippen LogP contribution is -2.59. The van der Waals surface area contributed by atoms with Gasteiger partial charge in [0, 0.05) is 44.8 Å². The van der Waals surface area contributed by atoms with Crippen molar-refractivity contribution in [2.75, 3.05) is 50.8 Å². The number of benzene rings is 1. The molecule has 0 N–H and O–H groups in total. The third-order valence-electron chi connectivity index (χ3n) is 5.29. The number of hydrogen-bond donors (Lipinski definition) is 0. The van der Waals surface area contributed by atoms with Gasteiger partial charge in [-0.15, -0.1) is 0 Å². The van der Waals surface area contributed by atoms with E-state index in [0.29, 0.717) is 38.3 Å². The average molecular weight is 347 g/mol. The molecule has 3 aliphatic rings. The van der Waals surface area contributed by atoms with E-state index < -0.39 is 5.82 Å². The molecular formula is C18H22FN3O3. The molecule has 1 atom stereocenters. The first-order chi connectivity index (χ1) is 12.1. The Morgan fingerprint density at radius 2 is 2.08 bits per heavy atom. The number of nitrogens with zero attached hydrogens (tertiary/aromatic N) is 3. The summed E-state index contributed by atoms with van der Waals surface area (Å²) >= 11 is 0. The van der Waals surface area contributed by atoms with Gasteiger partial charge in [0.05, 0.1) is 24.8 Å². The topological polar surface area (TPSA) is 53.1 Å². The summed E-state index contributed by atoms with van der Waals surface area (Å²) in [6.45, 7) is 4.75. The van der Waals surface area contributed by atoms with E-state index >= 15 is 0 Å². The number of fused-ring (bicyclic) bond motifs is 1. The lowest BCUT2D eigenvalue weighted by molar-refractivity contribution is -0.117. The van der Waals surface area contributed by atoms with E-state index in [4.69, 9.17) is 4.74 Å². The largest absolute Gasteiger partial charge is 0.378 e. The highest BCUT2D eigenvalue weighted by atomic mass is 19.1. The third kappa shape index (κ3) is 3.14. The second-order valence-corrected chi connectivity index (χ2v) is 6.83. The Hall–Kier alpha value is -1.99. The van der Waals surface area contributed by atoms with E-state index in [1.807, 2.05) is 0 Å². The van der Waals surface area contributed by atoms with Crippen LogP contribution in [0.1, 0.15) is 23.2 Å². The van der Waals surface area contributed by atoms with Crippen LogP contribution in [0.4, 0.5) is 10.1 Å². The van der Waals surface area contributed by atoms with Crippen molar-refractivity contribution in [3.05, 3.63) is 29.6 Å².